The Bertz CT molecular complexity index is 458. The maximum absolute atomic E-state index is 11.8. The zero-order chi connectivity index (χ0) is 15.3. The summed E-state index contributed by atoms with van der Waals surface area (Å²) in [5.41, 5.74) is 2.06. The van der Waals surface area contributed by atoms with Gasteiger partial charge in [-0.3, -0.25) is 4.79 Å². The van der Waals surface area contributed by atoms with Crippen LogP contribution in [0.2, 0.25) is 0 Å². The SMILES string of the molecule is Cc1cc(C)c(OCC(=O)NC(C)(CO)CO)c(C)c1. The Balaban J connectivity index is 2.66. The van der Waals surface area contributed by atoms with E-state index in [1.807, 2.05) is 32.9 Å². The van der Waals surface area contributed by atoms with Gasteiger partial charge in [0.15, 0.2) is 6.61 Å². The van der Waals surface area contributed by atoms with Crippen LogP contribution < -0.4 is 10.1 Å². The Kier molecular flexibility index (Phi) is 5.53. The van der Waals surface area contributed by atoms with Crippen molar-refractivity contribution in [2.45, 2.75) is 33.2 Å². The number of carbonyl (C=O) groups excluding carboxylic acids is 1. The number of ether oxygens (including phenoxy) is 1. The van der Waals surface area contributed by atoms with Gasteiger partial charge in [0.1, 0.15) is 5.75 Å². The summed E-state index contributed by atoms with van der Waals surface area (Å²) in [6.07, 6.45) is 0. The van der Waals surface area contributed by atoms with E-state index in [9.17, 15) is 4.79 Å². The van der Waals surface area contributed by atoms with Crippen LogP contribution in [0.3, 0.4) is 0 Å². The molecule has 0 heterocycles. The molecule has 0 aliphatic carbocycles. The normalized spacial score (nSPS) is 11.3. The molecule has 1 aromatic rings. The van der Waals surface area contributed by atoms with Crippen LogP contribution >= 0.6 is 0 Å². The van der Waals surface area contributed by atoms with E-state index in [0.29, 0.717) is 5.75 Å². The van der Waals surface area contributed by atoms with Crippen molar-refractivity contribution in [2.75, 3.05) is 19.8 Å². The Morgan fingerprint density at radius 2 is 1.70 bits per heavy atom. The first-order valence-electron chi connectivity index (χ1n) is 6.54. The van der Waals surface area contributed by atoms with Crippen molar-refractivity contribution >= 4 is 5.91 Å². The number of rotatable bonds is 6. The van der Waals surface area contributed by atoms with Gasteiger partial charge in [0, 0.05) is 0 Å². The summed E-state index contributed by atoms with van der Waals surface area (Å²) in [5.74, 6) is 0.315. The van der Waals surface area contributed by atoms with Crippen molar-refractivity contribution in [1.82, 2.24) is 5.32 Å². The fourth-order valence-electron chi connectivity index (χ4n) is 2.03. The van der Waals surface area contributed by atoms with Gasteiger partial charge < -0.3 is 20.3 Å². The molecule has 3 N–H and O–H groups in total. The van der Waals surface area contributed by atoms with E-state index >= 15 is 0 Å². The number of hydrogen-bond donors (Lipinski definition) is 3. The largest absolute Gasteiger partial charge is 0.483 e. The van der Waals surface area contributed by atoms with E-state index < -0.39 is 5.54 Å². The van der Waals surface area contributed by atoms with Gasteiger partial charge in [0.25, 0.3) is 5.91 Å². The molecule has 1 amide bonds. The molecule has 0 fully saturated rings. The zero-order valence-corrected chi connectivity index (χ0v) is 12.5. The van der Waals surface area contributed by atoms with Gasteiger partial charge in [-0.2, -0.15) is 0 Å². The second-order valence-corrected chi connectivity index (χ2v) is 5.44. The fraction of sp³-hybridized carbons (Fsp3) is 0.533. The van der Waals surface area contributed by atoms with Gasteiger partial charge >= 0.3 is 0 Å². The number of amides is 1. The maximum atomic E-state index is 11.8. The second kappa shape index (κ2) is 6.72. The van der Waals surface area contributed by atoms with E-state index in [1.165, 1.54) is 0 Å². The third-order valence-corrected chi connectivity index (χ3v) is 3.09. The first-order chi connectivity index (χ1) is 9.31. The predicted molar refractivity (Wildman–Crippen MR) is 76.9 cm³/mol. The van der Waals surface area contributed by atoms with Gasteiger partial charge in [0.2, 0.25) is 0 Å². The molecule has 0 atom stereocenters. The first kappa shape index (κ1) is 16.5. The highest BCUT2D eigenvalue weighted by molar-refractivity contribution is 5.78. The maximum Gasteiger partial charge on any atom is 0.258 e. The highest BCUT2D eigenvalue weighted by Gasteiger charge is 2.24. The van der Waals surface area contributed by atoms with Crippen LogP contribution in [0.4, 0.5) is 0 Å². The monoisotopic (exact) mass is 281 g/mol. The third-order valence-electron chi connectivity index (χ3n) is 3.09. The molecule has 0 saturated heterocycles. The predicted octanol–water partition coefficient (Wildman–Crippen LogP) is 0.850. The fourth-order valence-corrected chi connectivity index (χ4v) is 2.03. The lowest BCUT2D eigenvalue weighted by molar-refractivity contribution is -0.126. The third kappa shape index (κ3) is 4.21. The van der Waals surface area contributed by atoms with E-state index in [2.05, 4.69) is 5.32 Å². The number of nitrogens with one attached hydrogen (secondary N) is 1. The molecule has 0 saturated carbocycles. The molecular formula is C15H23NO4. The quantitative estimate of drug-likeness (QED) is 0.722. The van der Waals surface area contributed by atoms with Crippen molar-refractivity contribution in [3.05, 3.63) is 28.8 Å². The molecular weight excluding hydrogens is 258 g/mol. The molecule has 0 aromatic heterocycles. The minimum atomic E-state index is -1.03. The van der Waals surface area contributed by atoms with Crippen molar-refractivity contribution < 1.29 is 19.7 Å². The van der Waals surface area contributed by atoms with Crippen molar-refractivity contribution in [2.24, 2.45) is 0 Å². The number of aliphatic hydroxyl groups is 2. The average molecular weight is 281 g/mol. The van der Waals surface area contributed by atoms with E-state index in [0.717, 1.165) is 16.7 Å². The second-order valence-electron chi connectivity index (χ2n) is 5.44. The molecule has 0 unspecified atom stereocenters. The molecule has 1 aromatic carbocycles. The van der Waals surface area contributed by atoms with Crippen molar-refractivity contribution in [3.8, 4) is 5.75 Å². The van der Waals surface area contributed by atoms with Crippen LogP contribution in [-0.4, -0.2) is 41.5 Å². The van der Waals surface area contributed by atoms with Crippen molar-refractivity contribution in [1.29, 1.82) is 0 Å². The molecule has 1 rings (SSSR count). The van der Waals surface area contributed by atoms with E-state index in [4.69, 9.17) is 14.9 Å². The summed E-state index contributed by atoms with van der Waals surface area (Å²) in [4.78, 5) is 11.8. The number of aryl methyl sites for hydroxylation is 3. The summed E-state index contributed by atoms with van der Waals surface area (Å²) in [6, 6.07) is 3.98. The van der Waals surface area contributed by atoms with Crippen molar-refractivity contribution in [3.63, 3.8) is 0 Å². The molecule has 0 spiro atoms. The Morgan fingerprint density at radius 3 is 2.15 bits per heavy atom. The highest BCUT2D eigenvalue weighted by atomic mass is 16.5. The molecule has 0 aliphatic heterocycles. The summed E-state index contributed by atoms with van der Waals surface area (Å²) in [7, 11) is 0. The van der Waals surface area contributed by atoms with Crippen LogP contribution in [-0.2, 0) is 4.79 Å². The Morgan fingerprint density at radius 1 is 1.20 bits per heavy atom. The Labute approximate surface area is 119 Å². The molecule has 5 nitrogen and oxygen atoms in total. The molecule has 0 bridgehead atoms. The number of hydrogen-bond acceptors (Lipinski definition) is 4. The Hall–Kier alpha value is -1.59. The molecule has 0 radical (unpaired) electrons. The summed E-state index contributed by atoms with van der Waals surface area (Å²) < 4.78 is 5.54. The number of benzene rings is 1. The van der Waals surface area contributed by atoms with Crippen LogP contribution in [0.1, 0.15) is 23.6 Å². The molecule has 0 aliphatic rings. The van der Waals surface area contributed by atoms with E-state index in [-0.39, 0.29) is 25.7 Å². The topological polar surface area (TPSA) is 78.8 Å². The summed E-state index contributed by atoms with van der Waals surface area (Å²) in [6.45, 7) is 6.60. The molecule has 20 heavy (non-hydrogen) atoms. The number of carbonyl (C=O) groups is 1. The minimum absolute atomic E-state index is 0.152. The zero-order valence-electron chi connectivity index (χ0n) is 12.5. The van der Waals surface area contributed by atoms with E-state index in [1.54, 1.807) is 6.92 Å². The van der Waals surface area contributed by atoms with Gasteiger partial charge in [0.05, 0.1) is 18.8 Å². The van der Waals surface area contributed by atoms with Crippen LogP contribution in [0, 0.1) is 20.8 Å². The minimum Gasteiger partial charge on any atom is -0.483 e. The average Bonchev–Trinajstić information content (AvgIpc) is 2.37. The van der Waals surface area contributed by atoms with Gasteiger partial charge in [-0.15, -0.1) is 0 Å². The first-order valence-corrected chi connectivity index (χ1v) is 6.54. The summed E-state index contributed by atoms with van der Waals surface area (Å²) in [5, 5.41) is 20.8. The standard InChI is InChI=1S/C15H23NO4/c1-10-5-11(2)14(12(3)6-10)20-7-13(19)16-15(4,8-17)9-18/h5-6,17-18H,7-9H2,1-4H3,(H,16,19). The lowest BCUT2D eigenvalue weighted by Crippen LogP contribution is -2.53. The smallest absolute Gasteiger partial charge is 0.258 e. The summed E-state index contributed by atoms with van der Waals surface area (Å²) >= 11 is 0. The van der Waals surface area contributed by atoms with Gasteiger partial charge in [-0.05, 0) is 38.8 Å². The van der Waals surface area contributed by atoms with Crippen LogP contribution in [0.15, 0.2) is 12.1 Å². The van der Waals surface area contributed by atoms with Crippen LogP contribution in [0.5, 0.6) is 5.75 Å². The van der Waals surface area contributed by atoms with Gasteiger partial charge in [-0.25, -0.2) is 0 Å². The van der Waals surface area contributed by atoms with Gasteiger partial charge in [-0.1, -0.05) is 17.7 Å². The molecule has 112 valence electrons. The lowest BCUT2D eigenvalue weighted by Gasteiger charge is -2.26. The lowest BCUT2D eigenvalue weighted by atomic mass is 10.1. The van der Waals surface area contributed by atoms with Crippen LogP contribution in [0.25, 0.3) is 0 Å². The molecule has 5 heteroatoms. The highest BCUT2D eigenvalue weighted by Crippen LogP contribution is 2.24. The number of aliphatic hydroxyl groups excluding tert-OH is 2.